The predicted molar refractivity (Wildman–Crippen MR) is 80.9 cm³/mol. The van der Waals surface area contributed by atoms with Gasteiger partial charge in [-0.25, -0.2) is 4.98 Å². The summed E-state index contributed by atoms with van der Waals surface area (Å²) in [5.41, 5.74) is 1.46. The average Bonchev–Trinajstić information content (AvgIpc) is 2.79. The van der Waals surface area contributed by atoms with Gasteiger partial charge in [0.15, 0.2) is 5.13 Å². The molecule has 2 aromatic rings. The van der Waals surface area contributed by atoms with Gasteiger partial charge >= 0.3 is 0 Å². The van der Waals surface area contributed by atoms with Gasteiger partial charge in [0, 0.05) is 24.2 Å². The highest BCUT2D eigenvalue weighted by Gasteiger charge is 2.10. The summed E-state index contributed by atoms with van der Waals surface area (Å²) in [6.07, 6.45) is 2.77. The molecule has 0 fully saturated rings. The fourth-order valence-electron chi connectivity index (χ4n) is 1.86. The molecule has 4 nitrogen and oxygen atoms in total. The molecule has 0 unspecified atom stereocenters. The van der Waals surface area contributed by atoms with Gasteiger partial charge in [0.05, 0.1) is 11.3 Å². The quantitative estimate of drug-likeness (QED) is 0.913. The molecule has 0 aliphatic rings. The summed E-state index contributed by atoms with van der Waals surface area (Å²) in [5, 5.41) is 6.04. The SMILES string of the molecule is CCCn1cccc(-c2csc(NC(C)C)n2)c1=O. The molecule has 0 aliphatic carbocycles. The van der Waals surface area contributed by atoms with Gasteiger partial charge in [-0.05, 0) is 32.4 Å². The van der Waals surface area contributed by atoms with Gasteiger partial charge < -0.3 is 9.88 Å². The molecule has 0 aliphatic heterocycles. The third-order valence-corrected chi connectivity index (χ3v) is 3.45. The second-order valence-corrected chi connectivity index (χ2v) is 5.62. The van der Waals surface area contributed by atoms with Crippen molar-refractivity contribution in [3.05, 3.63) is 34.1 Å². The number of aryl methyl sites for hydroxylation is 1. The van der Waals surface area contributed by atoms with E-state index in [0.717, 1.165) is 23.8 Å². The molecule has 1 N–H and O–H groups in total. The van der Waals surface area contributed by atoms with Crippen LogP contribution in [-0.4, -0.2) is 15.6 Å². The first-order valence-corrected chi connectivity index (χ1v) is 7.41. The molecule has 2 heterocycles. The Bertz CT molecular complexity index is 601. The van der Waals surface area contributed by atoms with Crippen molar-refractivity contribution < 1.29 is 0 Å². The van der Waals surface area contributed by atoms with Gasteiger partial charge in [0.2, 0.25) is 0 Å². The van der Waals surface area contributed by atoms with Crippen LogP contribution in [0.1, 0.15) is 27.2 Å². The number of hydrogen-bond donors (Lipinski definition) is 1. The minimum Gasteiger partial charge on any atom is -0.359 e. The van der Waals surface area contributed by atoms with Gasteiger partial charge in [0.1, 0.15) is 0 Å². The van der Waals surface area contributed by atoms with Gasteiger partial charge in [-0.3, -0.25) is 4.79 Å². The Morgan fingerprint density at radius 2 is 2.26 bits per heavy atom. The van der Waals surface area contributed by atoms with E-state index >= 15 is 0 Å². The Morgan fingerprint density at radius 1 is 1.47 bits per heavy atom. The molecular formula is C14H19N3OS. The number of nitrogens with zero attached hydrogens (tertiary/aromatic N) is 2. The highest BCUT2D eigenvalue weighted by molar-refractivity contribution is 7.14. The number of nitrogens with one attached hydrogen (secondary N) is 1. The van der Waals surface area contributed by atoms with Crippen LogP contribution in [0.15, 0.2) is 28.5 Å². The van der Waals surface area contributed by atoms with Crippen LogP contribution in [0.25, 0.3) is 11.3 Å². The maximum absolute atomic E-state index is 12.3. The summed E-state index contributed by atoms with van der Waals surface area (Å²) in [6, 6.07) is 4.08. The van der Waals surface area contributed by atoms with Crippen LogP contribution in [0.2, 0.25) is 0 Å². The Kier molecular flexibility index (Phi) is 4.37. The lowest BCUT2D eigenvalue weighted by atomic mass is 10.2. The summed E-state index contributed by atoms with van der Waals surface area (Å²) >= 11 is 1.53. The molecule has 102 valence electrons. The largest absolute Gasteiger partial charge is 0.359 e. The number of pyridine rings is 1. The van der Waals surface area contributed by atoms with Crippen molar-refractivity contribution in [2.24, 2.45) is 0 Å². The zero-order valence-electron chi connectivity index (χ0n) is 11.5. The fraction of sp³-hybridized carbons (Fsp3) is 0.429. The van der Waals surface area contributed by atoms with Gasteiger partial charge in [-0.15, -0.1) is 11.3 Å². The molecular weight excluding hydrogens is 258 g/mol. The molecule has 19 heavy (non-hydrogen) atoms. The zero-order valence-corrected chi connectivity index (χ0v) is 12.3. The summed E-state index contributed by atoms with van der Waals surface area (Å²) in [4.78, 5) is 16.8. The Balaban J connectivity index is 2.34. The normalized spacial score (nSPS) is 10.9. The minimum atomic E-state index is 0.0331. The van der Waals surface area contributed by atoms with E-state index in [2.05, 4.69) is 31.1 Å². The summed E-state index contributed by atoms with van der Waals surface area (Å²) < 4.78 is 1.74. The summed E-state index contributed by atoms with van der Waals surface area (Å²) in [6.45, 7) is 6.94. The van der Waals surface area contributed by atoms with E-state index in [-0.39, 0.29) is 5.56 Å². The van der Waals surface area contributed by atoms with Crippen molar-refractivity contribution >= 4 is 16.5 Å². The summed E-state index contributed by atoms with van der Waals surface area (Å²) in [7, 11) is 0. The van der Waals surface area contributed by atoms with E-state index in [9.17, 15) is 4.79 Å². The number of rotatable bonds is 5. The highest BCUT2D eigenvalue weighted by atomic mass is 32.1. The molecule has 0 bridgehead atoms. The average molecular weight is 277 g/mol. The molecule has 2 rings (SSSR count). The molecule has 0 radical (unpaired) electrons. The highest BCUT2D eigenvalue weighted by Crippen LogP contribution is 2.22. The maximum atomic E-state index is 12.3. The first-order chi connectivity index (χ1) is 9.11. The Labute approximate surface area is 117 Å². The van der Waals surface area contributed by atoms with E-state index in [0.29, 0.717) is 11.6 Å². The Hall–Kier alpha value is -1.62. The van der Waals surface area contributed by atoms with E-state index < -0.39 is 0 Å². The topological polar surface area (TPSA) is 46.9 Å². The van der Waals surface area contributed by atoms with Crippen molar-refractivity contribution in [3.63, 3.8) is 0 Å². The van der Waals surface area contributed by atoms with Crippen LogP contribution in [0.4, 0.5) is 5.13 Å². The van der Waals surface area contributed by atoms with E-state index in [1.165, 1.54) is 11.3 Å². The minimum absolute atomic E-state index is 0.0331. The third kappa shape index (κ3) is 3.23. The van der Waals surface area contributed by atoms with Crippen molar-refractivity contribution in [1.29, 1.82) is 0 Å². The number of anilines is 1. The molecule has 0 saturated heterocycles. The van der Waals surface area contributed by atoms with E-state index in [4.69, 9.17) is 0 Å². The van der Waals surface area contributed by atoms with E-state index in [1.54, 1.807) is 4.57 Å². The van der Waals surface area contributed by atoms with Crippen LogP contribution in [0.5, 0.6) is 0 Å². The van der Waals surface area contributed by atoms with Gasteiger partial charge in [0.25, 0.3) is 5.56 Å². The third-order valence-electron chi connectivity index (χ3n) is 2.68. The van der Waals surface area contributed by atoms with Crippen molar-refractivity contribution in [2.75, 3.05) is 5.32 Å². The molecule has 0 amide bonds. The van der Waals surface area contributed by atoms with Crippen molar-refractivity contribution in [1.82, 2.24) is 9.55 Å². The van der Waals surface area contributed by atoms with E-state index in [1.807, 2.05) is 23.7 Å². The monoisotopic (exact) mass is 277 g/mol. The Morgan fingerprint density at radius 3 is 2.95 bits per heavy atom. The van der Waals surface area contributed by atoms with Crippen molar-refractivity contribution in [3.8, 4) is 11.3 Å². The van der Waals surface area contributed by atoms with Crippen LogP contribution >= 0.6 is 11.3 Å². The first-order valence-electron chi connectivity index (χ1n) is 6.53. The number of hydrogen-bond acceptors (Lipinski definition) is 4. The number of aromatic nitrogens is 2. The van der Waals surface area contributed by atoms with Crippen LogP contribution in [0, 0.1) is 0 Å². The van der Waals surface area contributed by atoms with Gasteiger partial charge in [-0.2, -0.15) is 0 Å². The molecule has 0 spiro atoms. The predicted octanol–water partition coefficient (Wildman–Crippen LogP) is 3.20. The van der Waals surface area contributed by atoms with Crippen LogP contribution in [0.3, 0.4) is 0 Å². The molecule has 0 saturated carbocycles. The second kappa shape index (κ2) is 6.02. The molecule has 0 aromatic carbocycles. The smallest absolute Gasteiger partial charge is 0.260 e. The fourth-order valence-corrected chi connectivity index (χ4v) is 2.72. The van der Waals surface area contributed by atoms with Crippen LogP contribution in [-0.2, 0) is 6.54 Å². The second-order valence-electron chi connectivity index (χ2n) is 4.76. The summed E-state index contributed by atoms with van der Waals surface area (Å²) in [5.74, 6) is 0. The lowest BCUT2D eigenvalue weighted by Gasteiger charge is -2.06. The molecule has 2 aromatic heterocycles. The van der Waals surface area contributed by atoms with Crippen LogP contribution < -0.4 is 10.9 Å². The van der Waals surface area contributed by atoms with Crippen molar-refractivity contribution in [2.45, 2.75) is 39.8 Å². The first kappa shape index (κ1) is 13.8. The number of thiazole rings is 1. The standard InChI is InChI=1S/C14H19N3OS/c1-4-7-17-8-5-6-11(13(17)18)12-9-19-14(16-12)15-10(2)3/h5-6,8-10H,4,7H2,1-3H3,(H,15,16). The lowest BCUT2D eigenvalue weighted by Crippen LogP contribution is -2.20. The maximum Gasteiger partial charge on any atom is 0.260 e. The molecule has 0 atom stereocenters. The molecule has 5 heteroatoms. The lowest BCUT2D eigenvalue weighted by molar-refractivity contribution is 0.655. The van der Waals surface area contributed by atoms with Gasteiger partial charge in [-0.1, -0.05) is 6.92 Å². The zero-order chi connectivity index (χ0) is 13.8.